The van der Waals surface area contributed by atoms with Crippen LogP contribution in [0.25, 0.3) is 0 Å². The van der Waals surface area contributed by atoms with E-state index in [2.05, 4.69) is 0 Å². The first-order valence-electron chi connectivity index (χ1n) is 7.93. The summed E-state index contributed by atoms with van der Waals surface area (Å²) in [5.41, 5.74) is 1.09. The van der Waals surface area contributed by atoms with Crippen LogP contribution in [0.15, 0.2) is 30.3 Å². The molecule has 0 aliphatic carbocycles. The van der Waals surface area contributed by atoms with Crippen LogP contribution in [0.5, 0.6) is 0 Å². The van der Waals surface area contributed by atoms with Crippen molar-refractivity contribution in [1.82, 2.24) is 4.90 Å². The summed E-state index contributed by atoms with van der Waals surface area (Å²) in [5.74, 6) is -0.412. The first kappa shape index (κ1) is 17.8. The maximum Gasteiger partial charge on any atom is 0.406 e. The van der Waals surface area contributed by atoms with Gasteiger partial charge < -0.3 is 9.64 Å². The van der Waals surface area contributed by atoms with E-state index in [0.717, 1.165) is 10.5 Å². The molecule has 1 aliphatic rings. The molecule has 1 saturated heterocycles. The molecule has 0 bridgehead atoms. The van der Waals surface area contributed by atoms with Gasteiger partial charge in [-0.1, -0.05) is 30.3 Å². The fourth-order valence-electron chi connectivity index (χ4n) is 2.84. The zero-order chi connectivity index (χ0) is 16.7. The summed E-state index contributed by atoms with van der Waals surface area (Å²) in [5, 5.41) is 0. The monoisotopic (exact) mass is 329 g/mol. The molecule has 0 spiro atoms. The molecule has 1 aliphatic heterocycles. The molecule has 128 valence electrons. The molecule has 1 heterocycles. The Hall–Kier alpha value is -1.56. The second-order valence-corrected chi connectivity index (χ2v) is 5.82. The predicted molar refractivity (Wildman–Crippen MR) is 81.0 cm³/mol. The van der Waals surface area contributed by atoms with Crippen LogP contribution in [0.4, 0.5) is 13.2 Å². The second kappa shape index (κ2) is 8.34. The number of ether oxygens (including phenoxy) is 1. The van der Waals surface area contributed by atoms with Crippen molar-refractivity contribution in [2.45, 2.75) is 44.3 Å². The Kier molecular flexibility index (Phi) is 6.45. The molecule has 1 aromatic rings. The van der Waals surface area contributed by atoms with Crippen molar-refractivity contribution in [3.63, 3.8) is 0 Å². The van der Waals surface area contributed by atoms with Gasteiger partial charge in [-0.05, 0) is 31.2 Å². The fourth-order valence-corrected chi connectivity index (χ4v) is 2.84. The van der Waals surface area contributed by atoms with E-state index < -0.39 is 18.6 Å². The Morgan fingerprint density at radius 2 is 1.83 bits per heavy atom. The van der Waals surface area contributed by atoms with Gasteiger partial charge in [0.15, 0.2) is 0 Å². The fraction of sp³-hybridized carbons (Fsp3) is 0.588. The lowest BCUT2D eigenvalue weighted by Crippen LogP contribution is -2.47. The molecule has 0 atom stereocenters. The summed E-state index contributed by atoms with van der Waals surface area (Å²) in [6.45, 7) is -0.339. The highest BCUT2D eigenvalue weighted by molar-refractivity contribution is 5.76. The van der Waals surface area contributed by atoms with E-state index in [1.807, 2.05) is 30.3 Å². The van der Waals surface area contributed by atoms with Crippen molar-refractivity contribution in [1.29, 1.82) is 0 Å². The summed E-state index contributed by atoms with van der Waals surface area (Å²) in [6, 6.07) is 9.27. The highest BCUT2D eigenvalue weighted by atomic mass is 19.4. The molecule has 6 heteroatoms. The van der Waals surface area contributed by atoms with Gasteiger partial charge in [0.25, 0.3) is 0 Å². The number of benzene rings is 1. The van der Waals surface area contributed by atoms with Gasteiger partial charge in [-0.2, -0.15) is 13.2 Å². The molecule has 1 aromatic carbocycles. The van der Waals surface area contributed by atoms with E-state index in [9.17, 15) is 18.0 Å². The number of amides is 1. The van der Waals surface area contributed by atoms with Crippen LogP contribution in [0, 0.1) is 0 Å². The first-order chi connectivity index (χ1) is 11.0. The van der Waals surface area contributed by atoms with E-state index in [1.165, 1.54) is 0 Å². The van der Waals surface area contributed by atoms with Crippen molar-refractivity contribution in [3.05, 3.63) is 35.9 Å². The van der Waals surface area contributed by atoms with Gasteiger partial charge in [-0.3, -0.25) is 4.79 Å². The van der Waals surface area contributed by atoms with Crippen LogP contribution in [0.1, 0.15) is 31.2 Å². The minimum Gasteiger partial charge on any atom is -0.381 e. The number of halogens is 3. The third kappa shape index (κ3) is 6.22. The Balaban J connectivity index is 1.90. The zero-order valence-corrected chi connectivity index (χ0v) is 13.0. The minimum absolute atomic E-state index is 0.141. The normalized spacial score (nSPS) is 16.3. The third-order valence-electron chi connectivity index (χ3n) is 4.00. The van der Waals surface area contributed by atoms with Crippen molar-refractivity contribution in [2.24, 2.45) is 0 Å². The second-order valence-electron chi connectivity index (χ2n) is 5.82. The average molecular weight is 329 g/mol. The third-order valence-corrected chi connectivity index (χ3v) is 4.00. The molecule has 0 radical (unpaired) electrons. The van der Waals surface area contributed by atoms with Crippen molar-refractivity contribution >= 4 is 5.91 Å². The molecule has 0 saturated carbocycles. The van der Waals surface area contributed by atoms with Gasteiger partial charge in [-0.15, -0.1) is 0 Å². The number of aryl methyl sites for hydroxylation is 1. The Morgan fingerprint density at radius 1 is 1.17 bits per heavy atom. The number of rotatable bonds is 6. The predicted octanol–water partition coefficient (Wildman–Crippen LogP) is 3.58. The summed E-state index contributed by atoms with van der Waals surface area (Å²) in [4.78, 5) is 13.3. The number of hydrogen-bond acceptors (Lipinski definition) is 2. The molecule has 1 amide bonds. The summed E-state index contributed by atoms with van der Waals surface area (Å²) in [7, 11) is 0. The Morgan fingerprint density at radius 3 is 2.43 bits per heavy atom. The SMILES string of the molecule is O=C(CCCc1ccccc1)N(CC(F)(F)F)C1CCOCC1. The molecule has 0 aromatic heterocycles. The largest absolute Gasteiger partial charge is 0.406 e. The standard InChI is InChI=1S/C17H22F3NO2/c18-17(19,20)13-21(15-9-11-23-12-10-15)16(22)8-4-7-14-5-2-1-3-6-14/h1-3,5-6,15H,4,7-13H2. The van der Waals surface area contributed by atoms with Crippen LogP contribution in [0.2, 0.25) is 0 Å². The topological polar surface area (TPSA) is 29.5 Å². The molecule has 0 N–H and O–H groups in total. The lowest BCUT2D eigenvalue weighted by atomic mass is 10.0. The Bertz CT molecular complexity index is 484. The highest BCUT2D eigenvalue weighted by Gasteiger charge is 2.36. The molecular weight excluding hydrogens is 307 g/mol. The maximum atomic E-state index is 12.8. The molecule has 1 fully saturated rings. The van der Waals surface area contributed by atoms with E-state index in [0.29, 0.717) is 38.9 Å². The summed E-state index contributed by atoms with van der Waals surface area (Å²) in [6.07, 6.45) is -2.03. The minimum atomic E-state index is -4.37. The first-order valence-corrected chi connectivity index (χ1v) is 7.93. The van der Waals surface area contributed by atoms with Gasteiger partial charge in [0.05, 0.1) is 0 Å². The highest BCUT2D eigenvalue weighted by Crippen LogP contribution is 2.23. The van der Waals surface area contributed by atoms with Gasteiger partial charge in [-0.25, -0.2) is 0 Å². The number of hydrogen-bond donors (Lipinski definition) is 0. The van der Waals surface area contributed by atoms with Crippen molar-refractivity contribution in [3.8, 4) is 0 Å². The summed E-state index contributed by atoms with van der Waals surface area (Å²) >= 11 is 0. The van der Waals surface area contributed by atoms with Crippen molar-refractivity contribution < 1.29 is 22.7 Å². The molecule has 23 heavy (non-hydrogen) atoms. The van der Waals surface area contributed by atoms with Crippen molar-refractivity contribution in [2.75, 3.05) is 19.8 Å². The van der Waals surface area contributed by atoms with Crippen LogP contribution >= 0.6 is 0 Å². The number of carbonyl (C=O) groups excluding carboxylic acids is 1. The summed E-state index contributed by atoms with van der Waals surface area (Å²) < 4.78 is 43.5. The van der Waals surface area contributed by atoms with Gasteiger partial charge in [0.1, 0.15) is 6.54 Å². The lowest BCUT2D eigenvalue weighted by molar-refractivity contribution is -0.169. The molecular formula is C17H22F3NO2. The zero-order valence-electron chi connectivity index (χ0n) is 13.0. The quantitative estimate of drug-likeness (QED) is 0.798. The number of alkyl halides is 3. The van der Waals surface area contributed by atoms with Gasteiger partial charge >= 0.3 is 6.18 Å². The molecule has 2 rings (SSSR count). The van der Waals surface area contributed by atoms with E-state index in [-0.39, 0.29) is 12.5 Å². The Labute approximate surface area is 134 Å². The number of carbonyl (C=O) groups is 1. The average Bonchev–Trinajstić information content (AvgIpc) is 2.53. The van der Waals surface area contributed by atoms with E-state index >= 15 is 0 Å². The number of nitrogens with zero attached hydrogens (tertiary/aromatic N) is 1. The van der Waals surface area contributed by atoms with Gasteiger partial charge in [0.2, 0.25) is 5.91 Å². The van der Waals surface area contributed by atoms with E-state index in [4.69, 9.17) is 4.74 Å². The maximum absolute atomic E-state index is 12.8. The van der Waals surface area contributed by atoms with Gasteiger partial charge in [0, 0.05) is 25.7 Å². The lowest BCUT2D eigenvalue weighted by Gasteiger charge is -2.35. The molecule has 0 unspecified atom stereocenters. The van der Waals surface area contributed by atoms with E-state index in [1.54, 1.807) is 0 Å². The van der Waals surface area contributed by atoms with Crippen LogP contribution in [-0.4, -0.2) is 42.8 Å². The van der Waals surface area contributed by atoms with Crippen LogP contribution in [0.3, 0.4) is 0 Å². The van der Waals surface area contributed by atoms with Crippen LogP contribution < -0.4 is 0 Å². The molecule has 3 nitrogen and oxygen atoms in total. The van der Waals surface area contributed by atoms with Crippen LogP contribution in [-0.2, 0) is 16.0 Å². The smallest absolute Gasteiger partial charge is 0.381 e.